The fourth-order valence-corrected chi connectivity index (χ4v) is 3.73. The van der Waals surface area contributed by atoms with Crippen LogP contribution in [0.5, 0.6) is 5.75 Å². The molecular weight excluding hydrogens is 334 g/mol. The molecule has 2 fully saturated rings. The van der Waals surface area contributed by atoms with Crippen molar-refractivity contribution in [3.63, 3.8) is 0 Å². The van der Waals surface area contributed by atoms with Crippen molar-refractivity contribution in [2.24, 2.45) is 5.92 Å². The topological polar surface area (TPSA) is 82.1 Å². The number of benzene rings is 1. The Labute approximate surface area is 153 Å². The van der Waals surface area contributed by atoms with E-state index in [9.17, 15) is 9.59 Å². The van der Waals surface area contributed by atoms with Gasteiger partial charge < -0.3 is 25.0 Å². The molecule has 142 valence electrons. The molecule has 26 heavy (non-hydrogen) atoms. The summed E-state index contributed by atoms with van der Waals surface area (Å²) in [6.45, 7) is 2.92. The Morgan fingerprint density at radius 1 is 1.12 bits per heavy atom. The lowest BCUT2D eigenvalue weighted by atomic mass is 9.86. The maximum atomic E-state index is 12.5. The fraction of sp³-hybridized carbons (Fsp3) is 0.579. The number of hydrogen-bond donors (Lipinski definition) is 2. The van der Waals surface area contributed by atoms with E-state index in [0.717, 1.165) is 37.4 Å². The number of carbonyl (C=O) groups is 2. The van der Waals surface area contributed by atoms with Crippen LogP contribution in [0.25, 0.3) is 0 Å². The molecule has 7 nitrogen and oxygen atoms in total. The molecule has 0 radical (unpaired) electrons. The minimum absolute atomic E-state index is 0.0333. The van der Waals surface area contributed by atoms with Crippen LogP contribution in [0.15, 0.2) is 24.3 Å². The van der Waals surface area contributed by atoms with Gasteiger partial charge in [0.15, 0.2) is 0 Å². The number of aliphatic carboxylic acids is 1. The molecule has 2 N–H and O–H groups in total. The highest BCUT2D eigenvalue weighted by atomic mass is 16.5. The summed E-state index contributed by atoms with van der Waals surface area (Å²) in [4.78, 5) is 27.6. The molecule has 1 saturated heterocycles. The number of nitrogens with zero attached hydrogens (tertiary/aromatic N) is 2. The number of rotatable bonds is 4. The second kappa shape index (κ2) is 8.29. The van der Waals surface area contributed by atoms with Gasteiger partial charge in [-0.15, -0.1) is 0 Å². The highest BCUT2D eigenvalue weighted by molar-refractivity contribution is 5.75. The number of anilines is 1. The number of hydrogen-bond acceptors (Lipinski definition) is 4. The van der Waals surface area contributed by atoms with E-state index in [0.29, 0.717) is 25.9 Å². The molecule has 1 heterocycles. The lowest BCUT2D eigenvalue weighted by molar-refractivity contribution is -0.142. The summed E-state index contributed by atoms with van der Waals surface area (Å²) in [6, 6.07) is 8.02. The van der Waals surface area contributed by atoms with E-state index in [2.05, 4.69) is 16.3 Å². The molecule has 0 atom stereocenters. The SMILES string of the molecule is COc1cccc(N2CCN(C(=O)NC3CCC(C(=O)O)CC3)CC2)c1. The number of ether oxygens (including phenoxy) is 1. The van der Waals surface area contributed by atoms with E-state index in [4.69, 9.17) is 9.84 Å². The number of carbonyl (C=O) groups excluding carboxylic acids is 1. The Bertz CT molecular complexity index is 635. The molecule has 1 aromatic rings. The van der Waals surface area contributed by atoms with Crippen LogP contribution in [0.3, 0.4) is 0 Å². The summed E-state index contributed by atoms with van der Waals surface area (Å²) >= 11 is 0. The van der Waals surface area contributed by atoms with Crippen LogP contribution in [-0.4, -0.2) is 61.3 Å². The van der Waals surface area contributed by atoms with E-state index >= 15 is 0 Å². The average Bonchev–Trinajstić information content (AvgIpc) is 2.68. The third-order valence-electron chi connectivity index (χ3n) is 5.39. The van der Waals surface area contributed by atoms with Crippen molar-refractivity contribution in [2.45, 2.75) is 31.7 Å². The monoisotopic (exact) mass is 361 g/mol. The molecule has 1 aromatic carbocycles. The molecule has 0 unspecified atom stereocenters. The van der Waals surface area contributed by atoms with Crippen molar-refractivity contribution in [1.29, 1.82) is 0 Å². The lowest BCUT2D eigenvalue weighted by Gasteiger charge is -2.37. The predicted molar refractivity (Wildman–Crippen MR) is 98.7 cm³/mol. The maximum absolute atomic E-state index is 12.5. The van der Waals surface area contributed by atoms with Crippen LogP contribution in [0, 0.1) is 5.92 Å². The zero-order valence-electron chi connectivity index (χ0n) is 15.2. The summed E-state index contributed by atoms with van der Waals surface area (Å²) in [6.07, 6.45) is 2.77. The second-order valence-electron chi connectivity index (χ2n) is 7.01. The molecule has 0 bridgehead atoms. The van der Waals surface area contributed by atoms with Crippen molar-refractivity contribution in [2.75, 3.05) is 38.2 Å². The summed E-state index contributed by atoms with van der Waals surface area (Å²) in [5.74, 6) is -0.141. The van der Waals surface area contributed by atoms with Gasteiger partial charge in [0.05, 0.1) is 13.0 Å². The number of carboxylic acid groups (broad SMARTS) is 1. The summed E-state index contributed by atoms with van der Waals surface area (Å²) in [5, 5.41) is 12.1. The Morgan fingerprint density at radius 3 is 2.42 bits per heavy atom. The highest BCUT2D eigenvalue weighted by Gasteiger charge is 2.28. The molecule has 2 amide bonds. The zero-order valence-corrected chi connectivity index (χ0v) is 15.2. The number of carboxylic acids is 1. The van der Waals surface area contributed by atoms with Crippen LogP contribution in [0.4, 0.5) is 10.5 Å². The van der Waals surface area contributed by atoms with Crippen LogP contribution in [-0.2, 0) is 4.79 Å². The molecule has 3 rings (SSSR count). The maximum Gasteiger partial charge on any atom is 0.317 e. The molecule has 1 saturated carbocycles. The highest BCUT2D eigenvalue weighted by Crippen LogP contribution is 2.25. The summed E-state index contributed by atoms with van der Waals surface area (Å²) in [5.41, 5.74) is 1.11. The Balaban J connectivity index is 1.46. The summed E-state index contributed by atoms with van der Waals surface area (Å²) in [7, 11) is 1.66. The van der Waals surface area contributed by atoms with Gasteiger partial charge in [-0.05, 0) is 37.8 Å². The number of urea groups is 1. The van der Waals surface area contributed by atoms with Crippen molar-refractivity contribution < 1.29 is 19.4 Å². The van der Waals surface area contributed by atoms with E-state index in [-0.39, 0.29) is 18.0 Å². The predicted octanol–water partition coefficient (Wildman–Crippen LogP) is 2.17. The lowest BCUT2D eigenvalue weighted by Crippen LogP contribution is -2.54. The standard InChI is InChI=1S/C19H27N3O4/c1-26-17-4-2-3-16(13-17)21-9-11-22(12-10-21)19(25)20-15-7-5-14(6-8-15)18(23)24/h2-4,13-15H,5-12H2,1H3,(H,20,25)(H,23,24). The van der Waals surface area contributed by atoms with E-state index < -0.39 is 5.97 Å². The van der Waals surface area contributed by atoms with Crippen LogP contribution in [0.1, 0.15) is 25.7 Å². The average molecular weight is 361 g/mol. The molecule has 0 aromatic heterocycles. The Kier molecular flexibility index (Phi) is 5.85. The van der Waals surface area contributed by atoms with Gasteiger partial charge in [-0.25, -0.2) is 4.79 Å². The van der Waals surface area contributed by atoms with Gasteiger partial charge in [0, 0.05) is 44.0 Å². The first kappa shape index (κ1) is 18.4. The smallest absolute Gasteiger partial charge is 0.317 e. The van der Waals surface area contributed by atoms with Crippen LogP contribution in [0.2, 0.25) is 0 Å². The molecule has 1 aliphatic carbocycles. The van der Waals surface area contributed by atoms with Gasteiger partial charge in [-0.1, -0.05) is 6.07 Å². The number of amides is 2. The van der Waals surface area contributed by atoms with E-state index in [1.165, 1.54) is 0 Å². The summed E-state index contributed by atoms with van der Waals surface area (Å²) < 4.78 is 5.27. The van der Waals surface area contributed by atoms with Crippen molar-refractivity contribution in [3.8, 4) is 5.75 Å². The van der Waals surface area contributed by atoms with Gasteiger partial charge in [0.1, 0.15) is 5.75 Å². The van der Waals surface area contributed by atoms with Crippen LogP contribution < -0.4 is 15.0 Å². The third kappa shape index (κ3) is 4.39. The normalized spacial score (nSPS) is 23.4. The third-order valence-corrected chi connectivity index (χ3v) is 5.39. The Hall–Kier alpha value is -2.44. The minimum atomic E-state index is -0.719. The second-order valence-corrected chi connectivity index (χ2v) is 7.01. The molecule has 0 spiro atoms. The van der Waals surface area contributed by atoms with Gasteiger partial charge in [-0.3, -0.25) is 4.79 Å². The van der Waals surface area contributed by atoms with E-state index in [1.807, 2.05) is 23.1 Å². The first-order valence-electron chi connectivity index (χ1n) is 9.24. The molecular formula is C19H27N3O4. The number of nitrogens with one attached hydrogen (secondary N) is 1. The van der Waals surface area contributed by atoms with Crippen molar-refractivity contribution >= 4 is 17.7 Å². The number of methoxy groups -OCH3 is 1. The molecule has 2 aliphatic rings. The number of piperazine rings is 1. The van der Waals surface area contributed by atoms with Gasteiger partial charge >= 0.3 is 12.0 Å². The first-order chi connectivity index (χ1) is 12.6. The van der Waals surface area contributed by atoms with Gasteiger partial charge in [0.2, 0.25) is 0 Å². The minimum Gasteiger partial charge on any atom is -0.497 e. The quantitative estimate of drug-likeness (QED) is 0.859. The van der Waals surface area contributed by atoms with Crippen molar-refractivity contribution in [1.82, 2.24) is 10.2 Å². The zero-order chi connectivity index (χ0) is 18.5. The van der Waals surface area contributed by atoms with Gasteiger partial charge in [-0.2, -0.15) is 0 Å². The fourth-order valence-electron chi connectivity index (χ4n) is 3.73. The largest absolute Gasteiger partial charge is 0.497 e. The van der Waals surface area contributed by atoms with E-state index in [1.54, 1.807) is 7.11 Å². The van der Waals surface area contributed by atoms with Crippen molar-refractivity contribution in [3.05, 3.63) is 24.3 Å². The van der Waals surface area contributed by atoms with Gasteiger partial charge in [0.25, 0.3) is 0 Å². The molecule has 7 heteroatoms. The van der Waals surface area contributed by atoms with Crippen LogP contribution >= 0.6 is 0 Å². The Morgan fingerprint density at radius 2 is 1.81 bits per heavy atom. The molecule has 1 aliphatic heterocycles. The first-order valence-corrected chi connectivity index (χ1v) is 9.24.